The average molecular weight is 268 g/mol. The van der Waals surface area contributed by atoms with E-state index in [1.807, 2.05) is 30.3 Å². The van der Waals surface area contributed by atoms with Gasteiger partial charge < -0.3 is 13.9 Å². The molecule has 100 valence electrons. The highest BCUT2D eigenvalue weighted by molar-refractivity contribution is 6.17. The van der Waals surface area contributed by atoms with Gasteiger partial charge in [-0.05, 0) is 17.7 Å². The van der Waals surface area contributed by atoms with Crippen molar-refractivity contribution in [3.05, 3.63) is 41.5 Å². The predicted molar refractivity (Wildman–Crippen MR) is 74.3 cm³/mol. The summed E-state index contributed by atoms with van der Waals surface area (Å²) in [6.45, 7) is 0.413. The van der Waals surface area contributed by atoms with Crippen molar-refractivity contribution in [2.24, 2.45) is 0 Å². The van der Waals surface area contributed by atoms with Gasteiger partial charge in [-0.15, -0.1) is 0 Å². The van der Waals surface area contributed by atoms with Gasteiger partial charge in [-0.2, -0.15) is 0 Å². The van der Waals surface area contributed by atoms with E-state index in [9.17, 15) is 4.79 Å². The topological polar surface area (TPSA) is 48.7 Å². The van der Waals surface area contributed by atoms with Crippen LogP contribution in [0.1, 0.15) is 15.9 Å². The Hall–Kier alpha value is -2.49. The summed E-state index contributed by atoms with van der Waals surface area (Å²) < 4.78 is 16.5. The second-order valence-electron chi connectivity index (χ2n) is 4.80. The van der Waals surface area contributed by atoms with E-state index in [0.29, 0.717) is 29.9 Å². The van der Waals surface area contributed by atoms with Crippen molar-refractivity contribution in [3.63, 3.8) is 0 Å². The summed E-state index contributed by atoms with van der Waals surface area (Å²) >= 11 is 0. The molecule has 0 bridgehead atoms. The largest absolute Gasteiger partial charge is 0.493 e. The minimum atomic E-state index is -0.287. The zero-order valence-corrected chi connectivity index (χ0v) is 10.9. The molecule has 0 amide bonds. The lowest BCUT2D eigenvalue weighted by atomic mass is 9.96. The van der Waals surface area contributed by atoms with Gasteiger partial charge >= 0.3 is 5.97 Å². The minimum Gasteiger partial charge on any atom is -0.493 e. The minimum absolute atomic E-state index is 0.287. The van der Waals surface area contributed by atoms with Crippen LogP contribution in [0.3, 0.4) is 0 Å². The van der Waals surface area contributed by atoms with Gasteiger partial charge in [0.15, 0.2) is 11.3 Å². The van der Waals surface area contributed by atoms with Crippen molar-refractivity contribution < 1.29 is 18.7 Å². The van der Waals surface area contributed by atoms with Crippen LogP contribution in [0.15, 0.2) is 34.7 Å². The van der Waals surface area contributed by atoms with Gasteiger partial charge in [0.1, 0.15) is 5.58 Å². The summed E-state index contributed by atoms with van der Waals surface area (Å²) in [4.78, 5) is 12.1. The Balaban J connectivity index is 2.25. The maximum atomic E-state index is 12.1. The van der Waals surface area contributed by atoms with Gasteiger partial charge in [0, 0.05) is 17.2 Å². The second-order valence-corrected chi connectivity index (χ2v) is 4.80. The predicted octanol–water partition coefficient (Wildman–Crippen LogP) is 3.31. The van der Waals surface area contributed by atoms with Crippen molar-refractivity contribution in [1.82, 2.24) is 0 Å². The number of rotatable bonds is 1. The second kappa shape index (κ2) is 4.00. The molecule has 0 atom stereocenters. The van der Waals surface area contributed by atoms with Crippen LogP contribution in [0.4, 0.5) is 0 Å². The number of fused-ring (bicyclic) bond motifs is 5. The fraction of sp³-hybridized carbons (Fsp3) is 0.188. The molecule has 2 aromatic carbocycles. The number of cyclic esters (lactones) is 1. The van der Waals surface area contributed by atoms with E-state index in [1.165, 1.54) is 0 Å². The van der Waals surface area contributed by atoms with Gasteiger partial charge in [-0.25, -0.2) is 4.79 Å². The Morgan fingerprint density at radius 2 is 2.10 bits per heavy atom. The normalized spacial score (nSPS) is 14.3. The Morgan fingerprint density at radius 1 is 1.25 bits per heavy atom. The van der Waals surface area contributed by atoms with E-state index in [-0.39, 0.29) is 5.97 Å². The molecule has 20 heavy (non-hydrogen) atoms. The highest BCUT2D eigenvalue weighted by Crippen LogP contribution is 2.40. The Bertz CT molecular complexity index is 844. The van der Waals surface area contributed by atoms with E-state index in [2.05, 4.69) is 0 Å². The van der Waals surface area contributed by atoms with Crippen LogP contribution in [0.25, 0.3) is 21.9 Å². The number of carbonyl (C=O) groups is 1. The molecule has 1 aromatic heterocycles. The monoisotopic (exact) mass is 268 g/mol. The number of furan rings is 1. The van der Waals surface area contributed by atoms with Crippen molar-refractivity contribution in [2.75, 3.05) is 13.7 Å². The van der Waals surface area contributed by atoms with Crippen LogP contribution in [-0.4, -0.2) is 19.7 Å². The van der Waals surface area contributed by atoms with Gasteiger partial charge in [0.05, 0.1) is 19.3 Å². The van der Waals surface area contributed by atoms with Crippen LogP contribution in [-0.2, 0) is 11.2 Å². The van der Waals surface area contributed by atoms with Gasteiger partial charge in [-0.3, -0.25) is 0 Å². The lowest BCUT2D eigenvalue weighted by Crippen LogP contribution is -2.18. The molecule has 0 unspecified atom stereocenters. The number of hydrogen-bond donors (Lipinski definition) is 0. The first-order valence-corrected chi connectivity index (χ1v) is 6.48. The first-order chi connectivity index (χ1) is 9.79. The first kappa shape index (κ1) is 11.3. The number of benzene rings is 2. The summed E-state index contributed by atoms with van der Waals surface area (Å²) in [5.74, 6) is 0.370. The maximum Gasteiger partial charge on any atom is 0.339 e. The number of para-hydroxylation sites is 1. The quantitative estimate of drug-likeness (QED) is 0.635. The molecule has 4 rings (SSSR count). The maximum absolute atomic E-state index is 12.1. The molecular formula is C16H12O4. The summed E-state index contributed by atoms with van der Waals surface area (Å²) in [5.41, 5.74) is 2.91. The number of esters is 1. The summed E-state index contributed by atoms with van der Waals surface area (Å²) in [5, 5.41) is 1.70. The smallest absolute Gasteiger partial charge is 0.339 e. The summed E-state index contributed by atoms with van der Waals surface area (Å²) in [6, 6.07) is 9.54. The fourth-order valence-electron chi connectivity index (χ4n) is 2.83. The van der Waals surface area contributed by atoms with Crippen LogP contribution < -0.4 is 4.74 Å². The molecule has 0 saturated carbocycles. The Morgan fingerprint density at radius 3 is 2.95 bits per heavy atom. The van der Waals surface area contributed by atoms with Crippen molar-refractivity contribution in [1.29, 1.82) is 0 Å². The lowest BCUT2D eigenvalue weighted by molar-refractivity contribution is 0.0483. The highest BCUT2D eigenvalue weighted by atomic mass is 16.5. The number of hydrogen-bond acceptors (Lipinski definition) is 4. The zero-order chi connectivity index (χ0) is 13.7. The molecule has 0 radical (unpaired) electrons. The van der Waals surface area contributed by atoms with Crippen LogP contribution in [0, 0.1) is 0 Å². The third kappa shape index (κ3) is 1.39. The molecule has 4 nitrogen and oxygen atoms in total. The molecule has 0 N–H and O–H groups in total. The van der Waals surface area contributed by atoms with E-state index >= 15 is 0 Å². The SMILES string of the molecule is COc1cc2c(c3c1oc1ccccc13)C(=O)OCC2. The summed E-state index contributed by atoms with van der Waals surface area (Å²) in [7, 11) is 1.61. The van der Waals surface area contributed by atoms with Crippen LogP contribution in [0.5, 0.6) is 5.75 Å². The molecule has 2 heterocycles. The highest BCUT2D eigenvalue weighted by Gasteiger charge is 2.27. The van der Waals surface area contributed by atoms with E-state index < -0.39 is 0 Å². The molecule has 0 fully saturated rings. The number of carbonyl (C=O) groups excluding carboxylic acids is 1. The molecule has 1 aliphatic rings. The summed E-state index contributed by atoms with van der Waals surface area (Å²) in [6.07, 6.45) is 0.701. The Labute approximate surface area is 114 Å². The molecule has 0 aliphatic carbocycles. The Kier molecular flexibility index (Phi) is 2.27. The van der Waals surface area contributed by atoms with E-state index in [1.54, 1.807) is 7.11 Å². The van der Waals surface area contributed by atoms with Gasteiger partial charge in [0.25, 0.3) is 0 Å². The molecule has 4 heteroatoms. The third-order valence-corrected chi connectivity index (χ3v) is 3.72. The van der Waals surface area contributed by atoms with Crippen molar-refractivity contribution in [3.8, 4) is 5.75 Å². The third-order valence-electron chi connectivity index (χ3n) is 3.72. The molecule has 0 spiro atoms. The molecular weight excluding hydrogens is 256 g/mol. The van der Waals surface area contributed by atoms with E-state index in [4.69, 9.17) is 13.9 Å². The average Bonchev–Trinajstić information content (AvgIpc) is 2.86. The van der Waals surface area contributed by atoms with Gasteiger partial charge in [0.2, 0.25) is 0 Å². The molecule has 3 aromatic rings. The standard InChI is InChI=1S/C16H12O4/c1-18-12-8-9-6-7-19-16(17)13(9)14-10-4-2-3-5-11(10)20-15(12)14/h2-5,8H,6-7H2,1H3. The number of ether oxygens (including phenoxy) is 2. The number of methoxy groups -OCH3 is 1. The van der Waals surface area contributed by atoms with Crippen LogP contribution in [0.2, 0.25) is 0 Å². The molecule has 0 saturated heterocycles. The van der Waals surface area contributed by atoms with Crippen molar-refractivity contribution >= 4 is 27.9 Å². The van der Waals surface area contributed by atoms with Crippen molar-refractivity contribution in [2.45, 2.75) is 6.42 Å². The van der Waals surface area contributed by atoms with E-state index in [0.717, 1.165) is 21.9 Å². The molecule has 1 aliphatic heterocycles. The van der Waals surface area contributed by atoms with Gasteiger partial charge in [-0.1, -0.05) is 18.2 Å². The lowest BCUT2D eigenvalue weighted by Gasteiger charge is -2.17. The van der Waals surface area contributed by atoms with Crippen LogP contribution >= 0.6 is 0 Å². The zero-order valence-electron chi connectivity index (χ0n) is 10.9. The first-order valence-electron chi connectivity index (χ1n) is 6.48. The fourth-order valence-corrected chi connectivity index (χ4v) is 2.83.